The number of hydrogen-bond acceptors (Lipinski definition) is 2. The van der Waals surface area contributed by atoms with Crippen LogP contribution in [-0.4, -0.2) is 12.1 Å². The van der Waals surface area contributed by atoms with Crippen LogP contribution < -0.4 is 5.73 Å². The van der Waals surface area contributed by atoms with Crippen molar-refractivity contribution in [2.75, 3.05) is 0 Å². The number of rotatable bonds is 6. The van der Waals surface area contributed by atoms with Crippen molar-refractivity contribution >= 4 is 15.9 Å². The predicted molar refractivity (Wildman–Crippen MR) is 92.3 cm³/mol. The molecule has 0 spiro atoms. The van der Waals surface area contributed by atoms with Crippen molar-refractivity contribution < 1.29 is 4.74 Å². The van der Waals surface area contributed by atoms with E-state index in [0.717, 1.165) is 16.8 Å². The molecule has 0 heterocycles. The SMILES string of the molecule is CCC1CCCC(OC(c2ccccc2Br)C(N)CC)C1. The van der Waals surface area contributed by atoms with Gasteiger partial charge in [-0.2, -0.15) is 0 Å². The molecule has 118 valence electrons. The lowest BCUT2D eigenvalue weighted by Gasteiger charge is -2.34. The zero-order valence-corrected chi connectivity index (χ0v) is 14.8. The smallest absolute Gasteiger partial charge is 0.0990 e. The van der Waals surface area contributed by atoms with E-state index in [9.17, 15) is 0 Å². The lowest BCUT2D eigenvalue weighted by atomic mass is 9.85. The van der Waals surface area contributed by atoms with Crippen LogP contribution in [0.3, 0.4) is 0 Å². The number of nitrogens with two attached hydrogens (primary N) is 1. The molecule has 0 bridgehead atoms. The second-order valence-electron chi connectivity index (χ2n) is 6.21. The Hall–Kier alpha value is -0.380. The fraction of sp³-hybridized carbons (Fsp3) is 0.667. The zero-order valence-electron chi connectivity index (χ0n) is 13.2. The average Bonchev–Trinajstić information content (AvgIpc) is 2.53. The van der Waals surface area contributed by atoms with Gasteiger partial charge in [0, 0.05) is 10.5 Å². The first-order valence-corrected chi connectivity index (χ1v) is 9.10. The minimum Gasteiger partial charge on any atom is -0.369 e. The Morgan fingerprint density at radius 1 is 1.29 bits per heavy atom. The highest BCUT2D eigenvalue weighted by Gasteiger charge is 2.28. The van der Waals surface area contributed by atoms with Crippen molar-refractivity contribution in [2.24, 2.45) is 11.7 Å². The quantitative estimate of drug-likeness (QED) is 0.761. The summed E-state index contributed by atoms with van der Waals surface area (Å²) in [6, 6.07) is 8.35. The fourth-order valence-electron chi connectivity index (χ4n) is 3.27. The molecule has 21 heavy (non-hydrogen) atoms. The lowest BCUT2D eigenvalue weighted by molar-refractivity contribution is -0.0539. The summed E-state index contributed by atoms with van der Waals surface area (Å²) in [5.41, 5.74) is 7.54. The van der Waals surface area contributed by atoms with Crippen LogP contribution in [0, 0.1) is 5.92 Å². The summed E-state index contributed by atoms with van der Waals surface area (Å²) in [5, 5.41) is 0. The van der Waals surface area contributed by atoms with Gasteiger partial charge < -0.3 is 10.5 Å². The first-order valence-electron chi connectivity index (χ1n) is 8.31. The van der Waals surface area contributed by atoms with Crippen LogP contribution in [0.1, 0.15) is 64.0 Å². The highest BCUT2D eigenvalue weighted by molar-refractivity contribution is 9.10. The maximum Gasteiger partial charge on any atom is 0.0990 e. The summed E-state index contributed by atoms with van der Waals surface area (Å²) in [6.45, 7) is 4.42. The molecular weight excluding hydrogens is 326 g/mol. The van der Waals surface area contributed by atoms with Crippen molar-refractivity contribution in [2.45, 2.75) is 70.6 Å². The van der Waals surface area contributed by atoms with E-state index in [2.05, 4.69) is 48.0 Å². The summed E-state index contributed by atoms with van der Waals surface area (Å²) >= 11 is 3.65. The molecule has 0 aliphatic heterocycles. The maximum atomic E-state index is 6.49. The molecule has 2 nitrogen and oxygen atoms in total. The molecule has 2 N–H and O–H groups in total. The first-order chi connectivity index (χ1) is 10.2. The Labute approximate surface area is 137 Å². The summed E-state index contributed by atoms with van der Waals surface area (Å²) in [6.07, 6.45) is 7.55. The second-order valence-corrected chi connectivity index (χ2v) is 7.07. The van der Waals surface area contributed by atoms with Crippen LogP contribution in [0.4, 0.5) is 0 Å². The molecule has 1 aliphatic carbocycles. The van der Waals surface area contributed by atoms with Crippen LogP contribution in [-0.2, 0) is 4.74 Å². The molecule has 1 saturated carbocycles. The van der Waals surface area contributed by atoms with Gasteiger partial charge in [0.25, 0.3) is 0 Å². The van der Waals surface area contributed by atoms with Gasteiger partial charge in [-0.25, -0.2) is 0 Å². The largest absolute Gasteiger partial charge is 0.369 e. The summed E-state index contributed by atoms with van der Waals surface area (Å²) in [5.74, 6) is 0.821. The van der Waals surface area contributed by atoms with Gasteiger partial charge in [-0.15, -0.1) is 0 Å². The lowest BCUT2D eigenvalue weighted by Crippen LogP contribution is -2.34. The van der Waals surface area contributed by atoms with Crippen LogP contribution in [0.25, 0.3) is 0 Å². The van der Waals surface area contributed by atoms with E-state index in [4.69, 9.17) is 10.5 Å². The molecule has 2 rings (SSSR count). The molecule has 0 amide bonds. The molecule has 0 aromatic heterocycles. The van der Waals surface area contributed by atoms with Crippen molar-refractivity contribution in [1.82, 2.24) is 0 Å². The molecule has 0 saturated heterocycles. The summed E-state index contributed by atoms with van der Waals surface area (Å²) < 4.78 is 7.59. The monoisotopic (exact) mass is 353 g/mol. The predicted octanol–water partition coefficient (Wildman–Crippen LogP) is 5.21. The molecule has 1 fully saturated rings. The number of hydrogen-bond donors (Lipinski definition) is 1. The number of halogens is 1. The van der Waals surface area contributed by atoms with Crippen LogP contribution in [0.15, 0.2) is 28.7 Å². The van der Waals surface area contributed by atoms with E-state index >= 15 is 0 Å². The van der Waals surface area contributed by atoms with Gasteiger partial charge >= 0.3 is 0 Å². The van der Waals surface area contributed by atoms with Gasteiger partial charge in [-0.1, -0.05) is 67.2 Å². The number of ether oxygens (including phenoxy) is 1. The third-order valence-electron chi connectivity index (χ3n) is 4.72. The molecule has 1 aliphatic rings. The molecule has 4 unspecified atom stereocenters. The fourth-order valence-corrected chi connectivity index (χ4v) is 3.78. The normalized spacial score (nSPS) is 25.5. The van der Waals surface area contributed by atoms with Crippen molar-refractivity contribution in [3.63, 3.8) is 0 Å². The van der Waals surface area contributed by atoms with Gasteiger partial charge in [0.2, 0.25) is 0 Å². The summed E-state index contributed by atoms with van der Waals surface area (Å²) in [7, 11) is 0. The van der Waals surface area contributed by atoms with Crippen molar-refractivity contribution in [3.05, 3.63) is 34.3 Å². The Kier molecular flexibility index (Phi) is 6.72. The van der Waals surface area contributed by atoms with Gasteiger partial charge in [0.15, 0.2) is 0 Å². The second kappa shape index (κ2) is 8.30. The van der Waals surface area contributed by atoms with Crippen LogP contribution >= 0.6 is 15.9 Å². The minimum atomic E-state index is -0.00817. The van der Waals surface area contributed by atoms with Crippen molar-refractivity contribution in [1.29, 1.82) is 0 Å². The Morgan fingerprint density at radius 2 is 2.05 bits per heavy atom. The van der Waals surface area contributed by atoms with E-state index < -0.39 is 0 Å². The molecule has 4 atom stereocenters. The van der Waals surface area contributed by atoms with E-state index in [0.29, 0.717) is 6.10 Å². The summed E-state index contributed by atoms with van der Waals surface area (Å²) in [4.78, 5) is 0. The third-order valence-corrected chi connectivity index (χ3v) is 5.45. The van der Waals surface area contributed by atoms with E-state index in [1.54, 1.807) is 0 Å². The zero-order chi connectivity index (χ0) is 15.2. The van der Waals surface area contributed by atoms with Crippen LogP contribution in [0.2, 0.25) is 0 Å². The topological polar surface area (TPSA) is 35.2 Å². The maximum absolute atomic E-state index is 6.49. The molecule has 1 aromatic rings. The van der Waals surface area contributed by atoms with Crippen LogP contribution in [0.5, 0.6) is 0 Å². The third kappa shape index (κ3) is 4.54. The van der Waals surface area contributed by atoms with E-state index in [1.165, 1.54) is 37.7 Å². The Balaban J connectivity index is 2.12. The number of benzene rings is 1. The molecular formula is C18H28BrNO. The first kappa shape index (κ1) is 17.0. The highest BCUT2D eigenvalue weighted by Crippen LogP contribution is 2.35. The van der Waals surface area contributed by atoms with Gasteiger partial charge in [-0.05, 0) is 36.8 Å². The van der Waals surface area contributed by atoms with Gasteiger partial charge in [-0.3, -0.25) is 0 Å². The van der Waals surface area contributed by atoms with Gasteiger partial charge in [0.05, 0.1) is 12.2 Å². The standard InChI is InChI=1S/C18H28BrNO/c1-3-13-8-7-9-14(12-13)21-18(17(20)4-2)15-10-5-6-11-16(15)19/h5-6,10-11,13-14,17-18H,3-4,7-9,12,20H2,1-2H3. The molecule has 0 radical (unpaired) electrons. The minimum absolute atomic E-state index is 0.00817. The highest BCUT2D eigenvalue weighted by atomic mass is 79.9. The van der Waals surface area contributed by atoms with Gasteiger partial charge in [0.1, 0.15) is 0 Å². The average molecular weight is 354 g/mol. The Morgan fingerprint density at radius 3 is 2.71 bits per heavy atom. The van der Waals surface area contributed by atoms with Crippen molar-refractivity contribution in [3.8, 4) is 0 Å². The Bertz CT molecular complexity index is 437. The van der Waals surface area contributed by atoms with E-state index in [1.807, 2.05) is 6.07 Å². The van der Waals surface area contributed by atoms with E-state index in [-0.39, 0.29) is 12.1 Å². The molecule has 3 heteroatoms. The molecule has 1 aromatic carbocycles.